The zero-order valence-electron chi connectivity index (χ0n) is 17.8. The van der Waals surface area contributed by atoms with Crippen LogP contribution >= 0.6 is 0 Å². The summed E-state index contributed by atoms with van der Waals surface area (Å²) in [5.74, 6) is 0.672. The number of aromatic nitrogens is 4. The van der Waals surface area contributed by atoms with Crippen LogP contribution in [-0.2, 0) is 0 Å². The maximum absolute atomic E-state index is 12.8. The molecule has 9 heteroatoms. The highest BCUT2D eigenvalue weighted by Gasteiger charge is 2.11. The van der Waals surface area contributed by atoms with Crippen LogP contribution in [0.2, 0.25) is 0 Å². The van der Waals surface area contributed by atoms with Gasteiger partial charge < -0.3 is 16.4 Å². The van der Waals surface area contributed by atoms with Crippen LogP contribution in [0.3, 0.4) is 0 Å². The number of nitrogen functional groups attached to an aromatic ring is 1. The molecular weight excluding hydrogens is 428 g/mol. The summed E-state index contributed by atoms with van der Waals surface area (Å²) >= 11 is 0. The number of nitrogens with one attached hydrogen (secondary N) is 2. The van der Waals surface area contributed by atoms with E-state index in [1.54, 1.807) is 42.5 Å². The summed E-state index contributed by atoms with van der Waals surface area (Å²) in [6.07, 6.45) is 2.92. The fraction of sp³-hybridized carbons (Fsp3) is 0. The van der Waals surface area contributed by atoms with E-state index in [2.05, 4.69) is 25.7 Å². The molecule has 0 saturated heterocycles. The molecule has 4 N–H and O–H groups in total. The van der Waals surface area contributed by atoms with E-state index in [0.717, 1.165) is 16.6 Å². The lowest BCUT2D eigenvalue weighted by atomic mass is 10.1. The van der Waals surface area contributed by atoms with Gasteiger partial charge in [0.1, 0.15) is 29.6 Å². The molecule has 5 rings (SSSR count). The molecule has 9 nitrogen and oxygen atoms in total. The molecule has 1 amide bonds. The molecule has 2 aromatic heterocycles. The van der Waals surface area contributed by atoms with Crippen molar-refractivity contribution in [2.24, 2.45) is 0 Å². The fourth-order valence-electron chi connectivity index (χ4n) is 3.52. The molecule has 0 saturated carbocycles. The molecule has 0 aliphatic carbocycles. The smallest absolute Gasteiger partial charge is 0.255 e. The van der Waals surface area contributed by atoms with Gasteiger partial charge in [0.2, 0.25) is 0 Å². The van der Waals surface area contributed by atoms with Crippen molar-refractivity contribution < 1.29 is 4.79 Å². The number of hydrogen-bond acceptors (Lipinski definition) is 7. The Morgan fingerprint density at radius 1 is 0.971 bits per heavy atom. The van der Waals surface area contributed by atoms with Gasteiger partial charge in [0.25, 0.3) is 5.91 Å². The number of hydrogen-bond donors (Lipinski definition) is 3. The Hall–Kier alpha value is -5.23. The van der Waals surface area contributed by atoms with Gasteiger partial charge in [-0.2, -0.15) is 10.4 Å². The van der Waals surface area contributed by atoms with E-state index in [1.165, 1.54) is 17.2 Å². The Morgan fingerprint density at radius 2 is 1.79 bits per heavy atom. The lowest BCUT2D eigenvalue weighted by Crippen LogP contribution is -2.12. The van der Waals surface area contributed by atoms with E-state index in [-0.39, 0.29) is 11.7 Å². The molecule has 2 heterocycles. The third-order valence-corrected chi connectivity index (χ3v) is 5.23. The van der Waals surface area contributed by atoms with E-state index < -0.39 is 0 Å². The number of para-hydroxylation sites is 1. The number of anilines is 4. The highest BCUT2D eigenvalue weighted by molar-refractivity contribution is 6.05. The average molecular weight is 446 g/mol. The van der Waals surface area contributed by atoms with Crippen LogP contribution in [0.15, 0.2) is 85.3 Å². The highest BCUT2D eigenvalue weighted by atomic mass is 16.1. The molecule has 0 spiro atoms. The standard InChI is InChI=1S/C25H18N8O/c26-13-17-14-30-33(23(17)27)20-10-8-18(9-11-20)32-25(34)16-4-3-5-19(12-16)31-24-21-6-1-2-7-22(21)28-15-29-24/h1-12,14-15H,27H2,(H,32,34)(H,28,29,31). The number of carbonyl (C=O) groups excluding carboxylic acids is 1. The topological polar surface area (TPSA) is 135 Å². The van der Waals surface area contributed by atoms with Crippen molar-refractivity contribution in [3.8, 4) is 11.8 Å². The van der Waals surface area contributed by atoms with Crippen LogP contribution in [0.1, 0.15) is 15.9 Å². The molecule has 0 radical (unpaired) electrons. The van der Waals surface area contributed by atoms with Gasteiger partial charge in [-0.15, -0.1) is 0 Å². The van der Waals surface area contributed by atoms with Gasteiger partial charge in [-0.1, -0.05) is 18.2 Å². The van der Waals surface area contributed by atoms with Crippen molar-refractivity contribution >= 4 is 39.8 Å². The molecule has 0 fully saturated rings. The first-order chi connectivity index (χ1) is 16.6. The average Bonchev–Trinajstić information content (AvgIpc) is 3.25. The normalized spacial score (nSPS) is 10.6. The van der Waals surface area contributed by atoms with Crippen molar-refractivity contribution in [1.82, 2.24) is 19.7 Å². The van der Waals surface area contributed by atoms with Crippen molar-refractivity contribution in [1.29, 1.82) is 5.26 Å². The van der Waals surface area contributed by atoms with Crippen molar-refractivity contribution in [3.63, 3.8) is 0 Å². The summed E-state index contributed by atoms with van der Waals surface area (Å²) in [4.78, 5) is 21.4. The zero-order chi connectivity index (χ0) is 23.5. The van der Waals surface area contributed by atoms with Crippen LogP contribution in [-0.4, -0.2) is 25.7 Å². The van der Waals surface area contributed by atoms with Gasteiger partial charge in [-0.25, -0.2) is 14.6 Å². The van der Waals surface area contributed by atoms with Crippen molar-refractivity contribution in [3.05, 3.63) is 96.4 Å². The van der Waals surface area contributed by atoms with E-state index in [1.807, 2.05) is 36.4 Å². The van der Waals surface area contributed by atoms with Crippen LogP contribution in [0.4, 0.5) is 23.0 Å². The van der Waals surface area contributed by atoms with Gasteiger partial charge in [0, 0.05) is 22.3 Å². The first kappa shape index (κ1) is 20.7. The number of nitriles is 1. The zero-order valence-corrected chi connectivity index (χ0v) is 17.8. The molecule has 34 heavy (non-hydrogen) atoms. The minimum Gasteiger partial charge on any atom is -0.382 e. The van der Waals surface area contributed by atoms with E-state index in [4.69, 9.17) is 11.0 Å². The Kier molecular flexibility index (Phi) is 5.30. The highest BCUT2D eigenvalue weighted by Crippen LogP contribution is 2.24. The summed E-state index contributed by atoms with van der Waals surface area (Å²) in [6.45, 7) is 0. The third-order valence-electron chi connectivity index (χ3n) is 5.23. The van der Waals surface area contributed by atoms with Crippen LogP contribution < -0.4 is 16.4 Å². The molecule has 5 aromatic rings. The second-order valence-corrected chi connectivity index (χ2v) is 7.41. The predicted molar refractivity (Wildman–Crippen MR) is 130 cm³/mol. The Morgan fingerprint density at radius 3 is 2.59 bits per heavy atom. The predicted octanol–water partition coefficient (Wildman–Crippen LogP) is 4.27. The molecule has 0 unspecified atom stereocenters. The van der Waals surface area contributed by atoms with Gasteiger partial charge in [0.05, 0.1) is 17.4 Å². The van der Waals surface area contributed by atoms with Crippen molar-refractivity contribution in [2.75, 3.05) is 16.4 Å². The van der Waals surface area contributed by atoms with Gasteiger partial charge in [-0.05, 0) is 54.6 Å². The summed E-state index contributed by atoms with van der Waals surface area (Å²) in [5.41, 5.74) is 9.58. The molecular formula is C25H18N8O. The van der Waals surface area contributed by atoms with Gasteiger partial charge >= 0.3 is 0 Å². The Balaban J connectivity index is 1.32. The number of nitrogens with zero attached hydrogens (tertiary/aromatic N) is 5. The number of carbonyl (C=O) groups is 1. The fourth-order valence-corrected chi connectivity index (χ4v) is 3.52. The second kappa shape index (κ2) is 8.72. The number of fused-ring (bicyclic) bond motifs is 1. The first-order valence-corrected chi connectivity index (χ1v) is 10.3. The minimum absolute atomic E-state index is 0.255. The lowest BCUT2D eigenvalue weighted by molar-refractivity contribution is 0.102. The first-order valence-electron chi connectivity index (χ1n) is 10.3. The Labute approximate surface area is 194 Å². The third kappa shape index (κ3) is 3.99. The molecule has 3 aromatic carbocycles. The van der Waals surface area contributed by atoms with Crippen LogP contribution in [0.25, 0.3) is 16.6 Å². The summed E-state index contributed by atoms with van der Waals surface area (Å²) in [7, 11) is 0. The SMILES string of the molecule is N#Cc1cnn(-c2ccc(NC(=O)c3cccc(Nc4ncnc5ccccc45)c3)cc2)c1N. The second-order valence-electron chi connectivity index (χ2n) is 7.41. The molecule has 0 bridgehead atoms. The number of amides is 1. The molecule has 164 valence electrons. The van der Waals surface area contributed by atoms with Crippen molar-refractivity contribution in [2.45, 2.75) is 0 Å². The van der Waals surface area contributed by atoms with E-state index >= 15 is 0 Å². The Bertz CT molecular complexity index is 1540. The monoisotopic (exact) mass is 446 g/mol. The number of rotatable bonds is 5. The van der Waals surface area contributed by atoms with E-state index in [0.29, 0.717) is 28.3 Å². The van der Waals surface area contributed by atoms with Crippen LogP contribution in [0.5, 0.6) is 0 Å². The lowest BCUT2D eigenvalue weighted by Gasteiger charge is -2.11. The maximum atomic E-state index is 12.8. The van der Waals surface area contributed by atoms with Crippen LogP contribution in [0, 0.1) is 11.3 Å². The number of nitrogens with two attached hydrogens (primary N) is 1. The molecule has 0 aliphatic rings. The minimum atomic E-state index is -0.255. The molecule has 0 atom stereocenters. The largest absolute Gasteiger partial charge is 0.382 e. The quantitative estimate of drug-likeness (QED) is 0.367. The van der Waals surface area contributed by atoms with Gasteiger partial charge in [0.15, 0.2) is 0 Å². The maximum Gasteiger partial charge on any atom is 0.255 e. The number of benzene rings is 3. The summed E-state index contributed by atoms with van der Waals surface area (Å²) < 4.78 is 1.47. The van der Waals surface area contributed by atoms with E-state index in [9.17, 15) is 4.79 Å². The van der Waals surface area contributed by atoms with Gasteiger partial charge in [-0.3, -0.25) is 4.79 Å². The molecule has 0 aliphatic heterocycles. The summed E-state index contributed by atoms with van der Waals surface area (Å²) in [6, 6.07) is 23.9. The summed E-state index contributed by atoms with van der Waals surface area (Å²) in [5, 5.41) is 20.2.